The molecule has 30 heavy (non-hydrogen) atoms. The van der Waals surface area contributed by atoms with Crippen LogP contribution in [0, 0.1) is 5.41 Å². The number of carbonyl (C=O) groups is 1. The highest BCUT2D eigenvalue weighted by molar-refractivity contribution is 5.86. The highest BCUT2D eigenvalue weighted by atomic mass is 16.5. The number of nitrogen functional groups attached to an aromatic ring is 1. The molecule has 1 aliphatic rings. The monoisotopic (exact) mass is 408 g/mol. The predicted molar refractivity (Wildman–Crippen MR) is 122 cm³/mol. The first-order valence-electron chi connectivity index (χ1n) is 10.7. The SMILES string of the molecule is CCCOC(=O)Cc1cccc(CN2CCCC(Nc3ccc(N)c(C=N)c3)C2)c1. The number of nitrogens with two attached hydrogens (primary N) is 1. The summed E-state index contributed by atoms with van der Waals surface area (Å²) < 4.78 is 5.20. The van der Waals surface area contributed by atoms with Crippen molar-refractivity contribution in [3.05, 3.63) is 59.2 Å². The van der Waals surface area contributed by atoms with Gasteiger partial charge in [0.2, 0.25) is 0 Å². The number of hydrogen-bond donors (Lipinski definition) is 3. The second-order valence-corrected chi connectivity index (χ2v) is 7.92. The molecule has 1 aliphatic heterocycles. The number of hydrogen-bond acceptors (Lipinski definition) is 6. The van der Waals surface area contributed by atoms with Gasteiger partial charge in [0.1, 0.15) is 0 Å². The predicted octanol–water partition coefficient (Wildman–Crippen LogP) is 3.84. The van der Waals surface area contributed by atoms with Gasteiger partial charge in [-0.1, -0.05) is 31.2 Å². The Balaban J connectivity index is 1.56. The van der Waals surface area contributed by atoms with Gasteiger partial charge in [0, 0.05) is 42.3 Å². The third-order valence-electron chi connectivity index (χ3n) is 5.33. The minimum absolute atomic E-state index is 0.163. The summed E-state index contributed by atoms with van der Waals surface area (Å²) in [5.74, 6) is -0.163. The quantitative estimate of drug-likeness (QED) is 0.333. The number of carbonyl (C=O) groups excluding carboxylic acids is 1. The third-order valence-corrected chi connectivity index (χ3v) is 5.33. The Hall–Kier alpha value is -2.86. The summed E-state index contributed by atoms with van der Waals surface area (Å²) in [6, 6.07) is 14.3. The lowest BCUT2D eigenvalue weighted by Gasteiger charge is -2.34. The van der Waals surface area contributed by atoms with E-state index in [2.05, 4.69) is 22.3 Å². The van der Waals surface area contributed by atoms with E-state index in [1.807, 2.05) is 37.3 Å². The van der Waals surface area contributed by atoms with Crippen molar-refractivity contribution in [3.8, 4) is 0 Å². The van der Waals surface area contributed by atoms with Crippen LogP contribution in [-0.2, 0) is 22.5 Å². The zero-order valence-electron chi connectivity index (χ0n) is 17.7. The molecular formula is C24H32N4O2. The standard InChI is InChI=1S/C24H32N4O2/c1-2-11-30-24(29)13-18-5-3-6-19(12-18)16-28-10-4-7-22(17-28)27-21-8-9-23(26)20(14-21)15-25/h3,5-6,8-9,12,14-15,22,25,27H,2,4,7,10-11,13,16-17,26H2,1H3. The highest BCUT2D eigenvalue weighted by Gasteiger charge is 2.20. The van der Waals surface area contributed by atoms with Crippen molar-refractivity contribution in [2.75, 3.05) is 30.7 Å². The van der Waals surface area contributed by atoms with Crippen LogP contribution < -0.4 is 11.1 Å². The molecule has 1 heterocycles. The van der Waals surface area contributed by atoms with E-state index in [1.165, 1.54) is 11.8 Å². The summed E-state index contributed by atoms with van der Waals surface area (Å²) in [6.07, 6.45) is 4.70. The first-order valence-corrected chi connectivity index (χ1v) is 10.7. The number of anilines is 2. The molecule has 6 heteroatoms. The van der Waals surface area contributed by atoms with Gasteiger partial charge in [-0.15, -0.1) is 0 Å². The van der Waals surface area contributed by atoms with Crippen LogP contribution in [0.2, 0.25) is 0 Å². The molecule has 0 amide bonds. The van der Waals surface area contributed by atoms with E-state index in [1.54, 1.807) is 0 Å². The zero-order chi connectivity index (χ0) is 21.3. The Kier molecular flexibility index (Phi) is 7.85. The molecule has 6 nitrogen and oxygen atoms in total. The van der Waals surface area contributed by atoms with Crippen LogP contribution in [0.25, 0.3) is 0 Å². The minimum Gasteiger partial charge on any atom is -0.465 e. The van der Waals surface area contributed by atoms with Crippen LogP contribution in [-0.4, -0.2) is 42.8 Å². The smallest absolute Gasteiger partial charge is 0.310 e. The van der Waals surface area contributed by atoms with Crippen molar-refractivity contribution in [1.82, 2.24) is 4.90 Å². The molecule has 1 saturated heterocycles. The maximum absolute atomic E-state index is 11.9. The Morgan fingerprint density at radius 3 is 2.93 bits per heavy atom. The van der Waals surface area contributed by atoms with Crippen LogP contribution in [0.3, 0.4) is 0 Å². The molecular weight excluding hydrogens is 376 g/mol. The van der Waals surface area contributed by atoms with Gasteiger partial charge >= 0.3 is 5.97 Å². The van der Waals surface area contributed by atoms with Gasteiger partial charge in [0.05, 0.1) is 13.0 Å². The van der Waals surface area contributed by atoms with Crippen LogP contribution in [0.1, 0.15) is 42.9 Å². The van der Waals surface area contributed by atoms with Crippen molar-refractivity contribution in [2.45, 2.75) is 45.2 Å². The normalized spacial score (nSPS) is 16.8. The Labute approximate surface area is 178 Å². The molecule has 4 N–H and O–H groups in total. The van der Waals surface area contributed by atoms with Crippen molar-refractivity contribution in [1.29, 1.82) is 5.41 Å². The van der Waals surface area contributed by atoms with Gasteiger partial charge in [0.25, 0.3) is 0 Å². The summed E-state index contributed by atoms with van der Waals surface area (Å²) in [6.45, 7) is 5.36. The van der Waals surface area contributed by atoms with E-state index in [-0.39, 0.29) is 5.97 Å². The topological polar surface area (TPSA) is 91.4 Å². The number of likely N-dealkylation sites (tertiary alicyclic amines) is 1. The molecule has 1 unspecified atom stereocenters. The number of benzene rings is 2. The summed E-state index contributed by atoms with van der Waals surface area (Å²) in [4.78, 5) is 14.3. The lowest BCUT2D eigenvalue weighted by atomic mass is 10.0. The van der Waals surface area contributed by atoms with Gasteiger partial charge in [-0.2, -0.15) is 0 Å². The molecule has 0 aliphatic carbocycles. The summed E-state index contributed by atoms with van der Waals surface area (Å²) in [5, 5.41) is 11.1. The average Bonchev–Trinajstić information content (AvgIpc) is 2.74. The fourth-order valence-corrected chi connectivity index (χ4v) is 3.87. The van der Waals surface area contributed by atoms with Crippen LogP contribution in [0.5, 0.6) is 0 Å². The van der Waals surface area contributed by atoms with E-state index in [0.717, 1.165) is 55.7 Å². The maximum Gasteiger partial charge on any atom is 0.310 e. The van der Waals surface area contributed by atoms with Crippen molar-refractivity contribution in [3.63, 3.8) is 0 Å². The second kappa shape index (κ2) is 10.8. The van der Waals surface area contributed by atoms with Crippen molar-refractivity contribution in [2.24, 2.45) is 0 Å². The van der Waals surface area contributed by atoms with Gasteiger partial charge in [-0.05, 0) is 55.1 Å². The number of nitrogens with zero attached hydrogens (tertiary/aromatic N) is 1. The molecule has 160 valence electrons. The lowest BCUT2D eigenvalue weighted by molar-refractivity contribution is -0.142. The summed E-state index contributed by atoms with van der Waals surface area (Å²) >= 11 is 0. The fourth-order valence-electron chi connectivity index (χ4n) is 3.87. The number of piperidine rings is 1. The van der Waals surface area contributed by atoms with Crippen molar-refractivity contribution >= 4 is 23.6 Å². The molecule has 2 aromatic carbocycles. The summed E-state index contributed by atoms with van der Waals surface area (Å²) in [7, 11) is 0. The lowest BCUT2D eigenvalue weighted by Crippen LogP contribution is -2.41. The van der Waals surface area contributed by atoms with Gasteiger partial charge < -0.3 is 21.2 Å². The number of esters is 1. The Morgan fingerprint density at radius 2 is 2.13 bits per heavy atom. The molecule has 0 spiro atoms. The Bertz CT molecular complexity index is 868. The Morgan fingerprint density at radius 1 is 1.30 bits per heavy atom. The van der Waals surface area contributed by atoms with Gasteiger partial charge in [0.15, 0.2) is 0 Å². The molecule has 0 aromatic heterocycles. The van der Waals surface area contributed by atoms with E-state index in [9.17, 15) is 4.79 Å². The second-order valence-electron chi connectivity index (χ2n) is 7.92. The fraction of sp³-hybridized carbons (Fsp3) is 0.417. The van der Waals surface area contributed by atoms with E-state index < -0.39 is 0 Å². The first-order chi connectivity index (χ1) is 14.6. The van der Waals surface area contributed by atoms with Crippen LogP contribution in [0.15, 0.2) is 42.5 Å². The summed E-state index contributed by atoms with van der Waals surface area (Å²) in [5.41, 5.74) is 10.5. The molecule has 1 fully saturated rings. The first kappa shape index (κ1) is 21.8. The van der Waals surface area contributed by atoms with E-state index >= 15 is 0 Å². The van der Waals surface area contributed by atoms with Crippen LogP contribution >= 0.6 is 0 Å². The van der Waals surface area contributed by atoms with Gasteiger partial charge in [-0.25, -0.2) is 0 Å². The maximum atomic E-state index is 11.9. The molecule has 1 atom stereocenters. The van der Waals surface area contributed by atoms with E-state index in [0.29, 0.717) is 24.8 Å². The number of ether oxygens (including phenoxy) is 1. The molecule has 0 saturated carbocycles. The highest BCUT2D eigenvalue weighted by Crippen LogP contribution is 2.21. The molecule has 2 aromatic rings. The average molecular weight is 409 g/mol. The molecule has 3 rings (SSSR count). The van der Waals surface area contributed by atoms with E-state index in [4.69, 9.17) is 15.9 Å². The molecule has 0 radical (unpaired) electrons. The van der Waals surface area contributed by atoms with Gasteiger partial charge in [-0.3, -0.25) is 9.69 Å². The number of nitrogens with one attached hydrogen (secondary N) is 2. The van der Waals surface area contributed by atoms with Crippen LogP contribution in [0.4, 0.5) is 11.4 Å². The zero-order valence-corrected chi connectivity index (χ0v) is 17.7. The molecule has 0 bridgehead atoms. The number of rotatable bonds is 9. The van der Waals surface area contributed by atoms with Crippen molar-refractivity contribution < 1.29 is 9.53 Å². The largest absolute Gasteiger partial charge is 0.465 e. The minimum atomic E-state index is -0.163. The third kappa shape index (κ3) is 6.32.